The van der Waals surface area contributed by atoms with E-state index in [2.05, 4.69) is 10.3 Å². The van der Waals surface area contributed by atoms with Crippen molar-refractivity contribution in [3.63, 3.8) is 0 Å². The highest BCUT2D eigenvalue weighted by Crippen LogP contribution is 2.42. The van der Waals surface area contributed by atoms with E-state index in [1.807, 2.05) is 42.5 Å². The van der Waals surface area contributed by atoms with Gasteiger partial charge >= 0.3 is 6.09 Å². The number of anilines is 1. The molecule has 1 saturated heterocycles. The fourth-order valence-corrected chi connectivity index (χ4v) is 4.17. The lowest BCUT2D eigenvalue weighted by molar-refractivity contribution is -0.125. The third-order valence-corrected chi connectivity index (χ3v) is 5.42. The Morgan fingerprint density at radius 1 is 1.19 bits per heavy atom. The van der Waals surface area contributed by atoms with Crippen LogP contribution in [0.4, 0.5) is 16.2 Å². The number of nitrogens with one attached hydrogen (secondary N) is 1. The molecule has 0 saturated carbocycles. The van der Waals surface area contributed by atoms with Crippen molar-refractivity contribution < 1.29 is 14.3 Å². The summed E-state index contributed by atoms with van der Waals surface area (Å²) in [5, 5.41) is 2.69. The van der Waals surface area contributed by atoms with Gasteiger partial charge in [-0.1, -0.05) is 30.3 Å². The monoisotopic (exact) mass is 367 g/mol. The van der Waals surface area contributed by atoms with Crippen molar-refractivity contribution in [2.24, 2.45) is 4.99 Å². The molecular weight excluding hydrogens is 350 g/mol. The molecule has 0 spiro atoms. The topological polar surface area (TPSA) is 71.0 Å². The first-order valence-electron chi connectivity index (χ1n) is 8.34. The van der Waals surface area contributed by atoms with E-state index in [0.717, 1.165) is 16.4 Å². The van der Waals surface area contributed by atoms with Crippen molar-refractivity contribution in [1.29, 1.82) is 0 Å². The lowest BCUT2D eigenvalue weighted by Gasteiger charge is -2.23. The maximum Gasteiger partial charge on any atom is 0.411 e. The van der Waals surface area contributed by atoms with Crippen LogP contribution < -0.4 is 5.32 Å². The minimum atomic E-state index is -0.537. The summed E-state index contributed by atoms with van der Waals surface area (Å²) in [6.07, 6.45) is -0.113. The summed E-state index contributed by atoms with van der Waals surface area (Å²) in [5.74, 6) is 0.770. The number of amidine groups is 1. The van der Waals surface area contributed by atoms with Gasteiger partial charge in [-0.05, 0) is 24.3 Å². The number of ether oxygens (including phenoxy) is 1. The summed E-state index contributed by atoms with van der Waals surface area (Å²) in [7, 11) is 0. The Kier molecular flexibility index (Phi) is 4.62. The number of aliphatic imine (C=N–C) groups is 1. The maximum absolute atomic E-state index is 12.3. The summed E-state index contributed by atoms with van der Waals surface area (Å²) < 4.78 is 5.20. The molecule has 0 unspecified atom stereocenters. The SMILES string of the molecule is O=C(Nc1ccccc1)OCCN1C(=O)C[C@@H]2Sc3ccccc3N=C21. The first-order chi connectivity index (χ1) is 12.7. The third-order valence-electron chi connectivity index (χ3n) is 4.16. The van der Waals surface area contributed by atoms with Gasteiger partial charge in [0.2, 0.25) is 5.91 Å². The molecule has 2 aromatic rings. The molecule has 7 heteroatoms. The van der Waals surface area contributed by atoms with Gasteiger partial charge in [-0.15, -0.1) is 11.8 Å². The van der Waals surface area contributed by atoms with Crippen LogP contribution >= 0.6 is 11.8 Å². The zero-order chi connectivity index (χ0) is 17.9. The van der Waals surface area contributed by atoms with Gasteiger partial charge in [-0.25, -0.2) is 9.79 Å². The molecule has 4 rings (SSSR count). The van der Waals surface area contributed by atoms with E-state index in [9.17, 15) is 9.59 Å². The van der Waals surface area contributed by atoms with Crippen molar-refractivity contribution in [2.75, 3.05) is 18.5 Å². The van der Waals surface area contributed by atoms with Crippen molar-refractivity contribution in [3.8, 4) is 0 Å². The molecule has 0 radical (unpaired) electrons. The highest BCUT2D eigenvalue weighted by Gasteiger charge is 2.39. The predicted octanol–water partition coefficient (Wildman–Crippen LogP) is 3.67. The summed E-state index contributed by atoms with van der Waals surface area (Å²) in [5.41, 5.74) is 1.55. The van der Waals surface area contributed by atoms with Gasteiger partial charge in [0.25, 0.3) is 0 Å². The number of para-hydroxylation sites is 2. The molecule has 2 aliphatic rings. The van der Waals surface area contributed by atoms with E-state index in [1.54, 1.807) is 28.8 Å². The first kappa shape index (κ1) is 16.7. The Hall–Kier alpha value is -2.80. The number of likely N-dealkylation sites (tertiary alicyclic amines) is 1. The molecule has 0 aliphatic carbocycles. The van der Waals surface area contributed by atoms with E-state index < -0.39 is 6.09 Å². The molecule has 0 bridgehead atoms. The molecular formula is C19H17N3O3S. The van der Waals surface area contributed by atoms with Crippen molar-refractivity contribution in [1.82, 2.24) is 4.90 Å². The largest absolute Gasteiger partial charge is 0.447 e. The number of thioether (sulfide) groups is 1. The smallest absolute Gasteiger partial charge is 0.411 e. The van der Waals surface area contributed by atoms with Crippen LogP contribution in [0.5, 0.6) is 0 Å². The van der Waals surface area contributed by atoms with E-state index in [-0.39, 0.29) is 17.8 Å². The number of amides is 2. The Morgan fingerprint density at radius 2 is 1.96 bits per heavy atom. The van der Waals surface area contributed by atoms with Gasteiger partial charge in [0.1, 0.15) is 12.4 Å². The summed E-state index contributed by atoms with van der Waals surface area (Å²) in [4.78, 5) is 31.5. The minimum Gasteiger partial charge on any atom is -0.447 e. The number of hydrogen-bond acceptors (Lipinski definition) is 5. The van der Waals surface area contributed by atoms with Crippen LogP contribution in [-0.2, 0) is 9.53 Å². The van der Waals surface area contributed by atoms with Crippen molar-refractivity contribution in [2.45, 2.75) is 16.6 Å². The average Bonchev–Trinajstić information content (AvgIpc) is 2.95. The summed E-state index contributed by atoms with van der Waals surface area (Å²) >= 11 is 1.66. The highest BCUT2D eigenvalue weighted by molar-refractivity contribution is 8.01. The normalized spacial score (nSPS) is 18.0. The molecule has 26 heavy (non-hydrogen) atoms. The molecule has 0 aromatic heterocycles. The van der Waals surface area contributed by atoms with Gasteiger partial charge in [-0.2, -0.15) is 0 Å². The second-order valence-corrected chi connectivity index (χ2v) is 7.17. The highest BCUT2D eigenvalue weighted by atomic mass is 32.2. The predicted molar refractivity (Wildman–Crippen MR) is 101 cm³/mol. The molecule has 1 atom stereocenters. The lowest BCUT2D eigenvalue weighted by Crippen LogP contribution is -2.35. The van der Waals surface area contributed by atoms with Crippen LogP contribution in [0.15, 0.2) is 64.5 Å². The number of benzene rings is 2. The molecule has 1 fully saturated rings. The zero-order valence-corrected chi connectivity index (χ0v) is 14.7. The molecule has 2 aromatic carbocycles. The Morgan fingerprint density at radius 3 is 2.81 bits per heavy atom. The van der Waals surface area contributed by atoms with E-state index in [0.29, 0.717) is 18.7 Å². The maximum atomic E-state index is 12.3. The van der Waals surface area contributed by atoms with Gasteiger partial charge in [0.15, 0.2) is 0 Å². The minimum absolute atomic E-state index is 0.0149. The Labute approximate surface area is 155 Å². The Balaban J connectivity index is 1.37. The van der Waals surface area contributed by atoms with E-state index in [4.69, 9.17) is 4.74 Å². The van der Waals surface area contributed by atoms with Crippen LogP contribution in [0, 0.1) is 0 Å². The first-order valence-corrected chi connectivity index (χ1v) is 9.22. The van der Waals surface area contributed by atoms with Crippen molar-refractivity contribution >= 4 is 41.0 Å². The molecule has 2 aliphatic heterocycles. The molecule has 2 amide bonds. The van der Waals surface area contributed by atoms with Gasteiger partial charge < -0.3 is 4.74 Å². The summed E-state index contributed by atoms with van der Waals surface area (Å²) in [6, 6.07) is 16.9. The van der Waals surface area contributed by atoms with Crippen LogP contribution in [0.1, 0.15) is 6.42 Å². The third kappa shape index (κ3) is 3.43. The van der Waals surface area contributed by atoms with E-state index in [1.165, 1.54) is 0 Å². The second-order valence-electron chi connectivity index (χ2n) is 5.92. The van der Waals surface area contributed by atoms with Crippen LogP contribution in [0.3, 0.4) is 0 Å². The standard InChI is InChI=1S/C19H17N3O3S/c23-17-12-16-18(21-14-8-4-5-9-15(14)26-16)22(17)10-11-25-19(24)20-13-6-2-1-3-7-13/h1-9,16H,10-12H2,(H,20,24)/t16-/m0/s1. The molecule has 132 valence electrons. The number of carbonyl (C=O) groups excluding carboxylic acids is 2. The number of nitrogens with zero attached hydrogens (tertiary/aromatic N) is 2. The van der Waals surface area contributed by atoms with Gasteiger partial charge in [0.05, 0.1) is 17.5 Å². The fourth-order valence-electron chi connectivity index (χ4n) is 2.96. The number of rotatable bonds is 4. The molecule has 2 heterocycles. The van der Waals surface area contributed by atoms with Crippen LogP contribution in [-0.4, -0.2) is 41.1 Å². The zero-order valence-electron chi connectivity index (χ0n) is 13.9. The molecule has 6 nitrogen and oxygen atoms in total. The molecule has 1 N–H and O–H groups in total. The average molecular weight is 367 g/mol. The van der Waals surface area contributed by atoms with Crippen molar-refractivity contribution in [3.05, 3.63) is 54.6 Å². The van der Waals surface area contributed by atoms with Crippen LogP contribution in [0.2, 0.25) is 0 Å². The quantitative estimate of drug-likeness (QED) is 0.895. The lowest BCUT2D eigenvalue weighted by atomic mass is 10.3. The number of carbonyl (C=O) groups is 2. The number of hydrogen-bond donors (Lipinski definition) is 1. The van der Waals surface area contributed by atoms with E-state index >= 15 is 0 Å². The summed E-state index contributed by atoms with van der Waals surface area (Å²) in [6.45, 7) is 0.418. The second kappa shape index (κ2) is 7.21. The van der Waals surface area contributed by atoms with Crippen LogP contribution in [0.25, 0.3) is 0 Å². The Bertz CT molecular complexity index is 869. The van der Waals surface area contributed by atoms with Gasteiger partial charge in [-0.3, -0.25) is 15.0 Å². The van der Waals surface area contributed by atoms with Gasteiger partial charge in [0, 0.05) is 17.0 Å². The number of fused-ring (bicyclic) bond motifs is 2. The fraction of sp³-hybridized carbons (Fsp3) is 0.211.